The van der Waals surface area contributed by atoms with E-state index < -0.39 is 0 Å². The van der Waals surface area contributed by atoms with E-state index in [0.29, 0.717) is 12.6 Å². The monoisotopic (exact) mass is 294 g/mol. The molecule has 1 aromatic carbocycles. The zero-order valence-electron chi connectivity index (χ0n) is 12.5. The highest BCUT2D eigenvalue weighted by atomic mass is 19.1. The van der Waals surface area contributed by atoms with Gasteiger partial charge in [0, 0.05) is 12.6 Å². The Kier molecular flexibility index (Phi) is 5.84. The number of hydrogen-bond donors (Lipinski definition) is 1. The number of nitrogens with one attached hydrogen (secondary N) is 1. The maximum atomic E-state index is 13.3. The molecule has 0 aliphatic carbocycles. The Morgan fingerprint density at radius 1 is 1.43 bits per heavy atom. The summed E-state index contributed by atoms with van der Waals surface area (Å²) in [7, 11) is 0. The molecule has 1 unspecified atom stereocenters. The van der Waals surface area contributed by atoms with Crippen LogP contribution >= 0.6 is 0 Å². The third-order valence-corrected chi connectivity index (χ3v) is 3.83. The minimum absolute atomic E-state index is 0.0429. The van der Waals surface area contributed by atoms with E-state index in [0.717, 1.165) is 25.8 Å². The molecule has 4 nitrogen and oxygen atoms in total. The molecule has 1 saturated heterocycles. The van der Waals surface area contributed by atoms with Crippen LogP contribution in [0.3, 0.4) is 0 Å². The zero-order valence-corrected chi connectivity index (χ0v) is 12.5. The predicted octanol–water partition coefficient (Wildman–Crippen LogP) is 3.18. The van der Waals surface area contributed by atoms with Crippen LogP contribution in [0.4, 0.5) is 9.18 Å². The summed E-state index contributed by atoms with van der Waals surface area (Å²) in [6.07, 6.45) is 4.32. The van der Waals surface area contributed by atoms with Crippen LogP contribution in [0.5, 0.6) is 5.75 Å². The molecule has 0 bridgehead atoms. The Bertz CT molecular complexity index is 467. The molecule has 0 radical (unpaired) electrons. The van der Waals surface area contributed by atoms with Gasteiger partial charge in [0.25, 0.3) is 0 Å². The van der Waals surface area contributed by atoms with E-state index in [9.17, 15) is 9.18 Å². The minimum Gasteiger partial charge on any atom is -0.489 e. The summed E-state index contributed by atoms with van der Waals surface area (Å²) >= 11 is 0. The topological polar surface area (TPSA) is 41.6 Å². The van der Waals surface area contributed by atoms with E-state index in [-0.39, 0.29) is 24.2 Å². The van der Waals surface area contributed by atoms with Crippen LogP contribution in [-0.2, 0) is 0 Å². The van der Waals surface area contributed by atoms with Gasteiger partial charge in [0.2, 0.25) is 0 Å². The first kappa shape index (κ1) is 15.6. The number of rotatable bonds is 5. The number of para-hydroxylation sites is 1. The number of likely N-dealkylation sites (tertiary alicyclic amines) is 1. The van der Waals surface area contributed by atoms with Crippen LogP contribution in [0.2, 0.25) is 0 Å². The highest BCUT2D eigenvalue weighted by Crippen LogP contribution is 2.19. The predicted molar refractivity (Wildman–Crippen MR) is 79.9 cm³/mol. The maximum Gasteiger partial charge on any atom is 0.317 e. The van der Waals surface area contributed by atoms with Gasteiger partial charge >= 0.3 is 6.03 Å². The SMILES string of the molecule is CCC1CCCCN1C(=O)NCCOc1ccccc1F. The first-order chi connectivity index (χ1) is 10.2. The van der Waals surface area contributed by atoms with E-state index in [1.54, 1.807) is 18.2 Å². The van der Waals surface area contributed by atoms with Gasteiger partial charge in [-0.25, -0.2) is 9.18 Å². The lowest BCUT2D eigenvalue weighted by Crippen LogP contribution is -2.49. The number of amides is 2. The summed E-state index contributed by atoms with van der Waals surface area (Å²) in [5, 5.41) is 2.85. The van der Waals surface area contributed by atoms with E-state index in [2.05, 4.69) is 12.2 Å². The van der Waals surface area contributed by atoms with Crippen LogP contribution in [0, 0.1) is 5.82 Å². The molecule has 2 rings (SSSR count). The molecule has 116 valence electrons. The summed E-state index contributed by atoms with van der Waals surface area (Å²) in [6, 6.07) is 6.56. The second kappa shape index (κ2) is 7.86. The molecule has 21 heavy (non-hydrogen) atoms. The first-order valence-electron chi connectivity index (χ1n) is 7.64. The van der Waals surface area contributed by atoms with E-state index >= 15 is 0 Å². The Hall–Kier alpha value is -1.78. The summed E-state index contributed by atoms with van der Waals surface area (Å²) in [5.41, 5.74) is 0. The number of carbonyl (C=O) groups is 1. The van der Waals surface area contributed by atoms with Crippen LogP contribution in [0.15, 0.2) is 24.3 Å². The van der Waals surface area contributed by atoms with Crippen molar-refractivity contribution in [2.75, 3.05) is 19.7 Å². The molecule has 2 amide bonds. The van der Waals surface area contributed by atoms with Gasteiger partial charge in [0.15, 0.2) is 11.6 Å². The molecule has 1 atom stereocenters. The van der Waals surface area contributed by atoms with Crippen LogP contribution in [0.25, 0.3) is 0 Å². The van der Waals surface area contributed by atoms with Gasteiger partial charge in [-0.05, 0) is 37.8 Å². The lowest BCUT2D eigenvalue weighted by molar-refractivity contribution is 0.147. The molecule has 1 heterocycles. The average Bonchev–Trinajstić information content (AvgIpc) is 2.52. The molecule has 0 spiro atoms. The number of carbonyl (C=O) groups excluding carboxylic acids is 1. The van der Waals surface area contributed by atoms with E-state index in [1.165, 1.54) is 12.5 Å². The summed E-state index contributed by atoms with van der Waals surface area (Å²) < 4.78 is 18.7. The standard InChI is InChI=1S/C16H23FN2O2/c1-2-13-7-5-6-11-19(13)16(20)18-10-12-21-15-9-4-3-8-14(15)17/h3-4,8-9,13H,2,5-7,10-12H2,1H3,(H,18,20). The fraction of sp³-hybridized carbons (Fsp3) is 0.562. The van der Waals surface area contributed by atoms with Gasteiger partial charge in [-0.1, -0.05) is 19.1 Å². The van der Waals surface area contributed by atoms with Crippen LogP contribution in [-0.4, -0.2) is 36.7 Å². The third kappa shape index (κ3) is 4.34. The molecule has 1 fully saturated rings. The molecule has 1 N–H and O–H groups in total. The smallest absolute Gasteiger partial charge is 0.317 e. The second-order valence-corrected chi connectivity index (χ2v) is 5.26. The summed E-state index contributed by atoms with van der Waals surface area (Å²) in [5.74, 6) is -0.165. The first-order valence-corrected chi connectivity index (χ1v) is 7.64. The second-order valence-electron chi connectivity index (χ2n) is 5.26. The number of piperidine rings is 1. The van der Waals surface area contributed by atoms with Crippen molar-refractivity contribution >= 4 is 6.03 Å². The van der Waals surface area contributed by atoms with Gasteiger partial charge in [0.1, 0.15) is 6.61 Å². The quantitative estimate of drug-likeness (QED) is 0.847. The molecular weight excluding hydrogens is 271 g/mol. The van der Waals surface area contributed by atoms with Crippen molar-refractivity contribution in [3.8, 4) is 5.75 Å². The van der Waals surface area contributed by atoms with Crippen LogP contribution < -0.4 is 10.1 Å². The highest BCUT2D eigenvalue weighted by Gasteiger charge is 2.24. The van der Waals surface area contributed by atoms with Gasteiger partial charge in [0.05, 0.1) is 6.54 Å². The zero-order chi connectivity index (χ0) is 15.1. The minimum atomic E-state index is -0.383. The fourth-order valence-corrected chi connectivity index (χ4v) is 2.67. The van der Waals surface area contributed by atoms with E-state index in [4.69, 9.17) is 4.74 Å². The van der Waals surface area contributed by atoms with Crippen molar-refractivity contribution in [2.24, 2.45) is 0 Å². The summed E-state index contributed by atoms with van der Waals surface area (Å²) in [6.45, 7) is 3.56. The van der Waals surface area contributed by atoms with Gasteiger partial charge in [-0.2, -0.15) is 0 Å². The van der Waals surface area contributed by atoms with E-state index in [1.807, 2.05) is 4.90 Å². The average molecular weight is 294 g/mol. The van der Waals surface area contributed by atoms with Crippen molar-refractivity contribution in [1.29, 1.82) is 0 Å². The van der Waals surface area contributed by atoms with Gasteiger partial charge in [-0.15, -0.1) is 0 Å². The third-order valence-electron chi connectivity index (χ3n) is 3.83. The Labute approximate surface area is 125 Å². The number of halogens is 1. The number of hydrogen-bond acceptors (Lipinski definition) is 2. The Morgan fingerprint density at radius 2 is 2.24 bits per heavy atom. The highest BCUT2D eigenvalue weighted by molar-refractivity contribution is 5.74. The number of ether oxygens (including phenoxy) is 1. The molecule has 0 saturated carbocycles. The largest absolute Gasteiger partial charge is 0.489 e. The lowest BCUT2D eigenvalue weighted by atomic mass is 10.0. The van der Waals surface area contributed by atoms with Crippen molar-refractivity contribution in [3.63, 3.8) is 0 Å². The number of nitrogens with zero attached hydrogens (tertiary/aromatic N) is 1. The molecule has 1 aliphatic heterocycles. The maximum absolute atomic E-state index is 13.3. The normalized spacial score (nSPS) is 18.4. The molecule has 1 aliphatic rings. The van der Waals surface area contributed by atoms with Gasteiger partial charge < -0.3 is 15.0 Å². The number of benzene rings is 1. The van der Waals surface area contributed by atoms with Gasteiger partial charge in [-0.3, -0.25) is 0 Å². The molecule has 1 aromatic rings. The van der Waals surface area contributed by atoms with Crippen molar-refractivity contribution in [3.05, 3.63) is 30.1 Å². The lowest BCUT2D eigenvalue weighted by Gasteiger charge is -2.35. The molecular formula is C16H23FN2O2. The van der Waals surface area contributed by atoms with Crippen LogP contribution in [0.1, 0.15) is 32.6 Å². The van der Waals surface area contributed by atoms with Crippen molar-refractivity contribution in [2.45, 2.75) is 38.6 Å². The fourth-order valence-electron chi connectivity index (χ4n) is 2.67. The Morgan fingerprint density at radius 3 is 3.00 bits per heavy atom. The summed E-state index contributed by atoms with van der Waals surface area (Å²) in [4.78, 5) is 14.0. The van der Waals surface area contributed by atoms with Crippen molar-refractivity contribution < 1.29 is 13.9 Å². The number of urea groups is 1. The molecule has 5 heteroatoms. The molecule has 0 aromatic heterocycles. The van der Waals surface area contributed by atoms with Crippen molar-refractivity contribution in [1.82, 2.24) is 10.2 Å². The Balaban J connectivity index is 1.73.